The summed E-state index contributed by atoms with van der Waals surface area (Å²) < 4.78 is 0. The Balaban J connectivity index is 3.79. The maximum atomic E-state index is 5.58. The predicted octanol–water partition coefficient (Wildman–Crippen LogP) is 2.87. The minimum absolute atomic E-state index is 0.711. The summed E-state index contributed by atoms with van der Waals surface area (Å²) in [5.74, 6) is 0. The molecule has 0 unspecified atom stereocenters. The van der Waals surface area contributed by atoms with E-state index in [0.717, 1.165) is 0 Å². The average Bonchev–Trinajstić information content (AvgIpc) is 1.68. The summed E-state index contributed by atoms with van der Waals surface area (Å²) in [6.07, 6.45) is 7.08. The molecule has 0 amide bonds. The second-order valence-electron chi connectivity index (χ2n) is 1.29. The maximum absolute atomic E-state index is 5.58. The third-order valence-corrected chi connectivity index (χ3v) is 0.855. The molecule has 0 aliphatic rings. The van der Waals surface area contributed by atoms with E-state index in [-0.39, 0.29) is 0 Å². The van der Waals surface area contributed by atoms with Crippen molar-refractivity contribution in [3.8, 4) is 0 Å². The Labute approximate surface area is 55.2 Å². The van der Waals surface area contributed by atoms with Gasteiger partial charge in [-0.15, -0.1) is 0 Å². The van der Waals surface area contributed by atoms with Crippen molar-refractivity contribution in [1.82, 2.24) is 0 Å². The molecule has 0 aromatic carbocycles. The van der Waals surface area contributed by atoms with Gasteiger partial charge in [-0.2, -0.15) is 0 Å². The quantitative estimate of drug-likeness (QED) is 0.502. The molecule has 0 heterocycles. The van der Waals surface area contributed by atoms with Gasteiger partial charge in [-0.05, 0) is 19.1 Å². The van der Waals surface area contributed by atoms with Crippen LogP contribution in [0.4, 0.5) is 0 Å². The Morgan fingerprint density at radius 2 is 2.25 bits per heavy atom. The molecular formula is C7H9Cl. The van der Waals surface area contributed by atoms with Gasteiger partial charge in [0.1, 0.15) is 0 Å². The molecule has 0 rings (SSSR count). The number of hydrogen-bond donors (Lipinski definition) is 0. The highest BCUT2D eigenvalue weighted by atomic mass is 35.5. The number of rotatable bonds is 2. The summed E-state index contributed by atoms with van der Waals surface area (Å²) in [7, 11) is 0. The van der Waals surface area contributed by atoms with Crippen LogP contribution in [0, 0.1) is 0 Å². The average molecular weight is 129 g/mol. The van der Waals surface area contributed by atoms with Crippen LogP contribution in [-0.2, 0) is 0 Å². The lowest BCUT2D eigenvalue weighted by Crippen LogP contribution is -1.56. The molecule has 0 atom stereocenters. The smallest absolute Gasteiger partial charge is 0.0402 e. The number of halogens is 1. The molecule has 0 aliphatic heterocycles. The fourth-order valence-electron chi connectivity index (χ4n) is 0.327. The summed E-state index contributed by atoms with van der Waals surface area (Å²) in [6, 6.07) is 0. The molecule has 0 saturated carbocycles. The van der Waals surface area contributed by atoms with Crippen molar-refractivity contribution in [3.63, 3.8) is 0 Å². The summed E-state index contributed by atoms with van der Waals surface area (Å²) in [5.41, 5.74) is 0. The van der Waals surface area contributed by atoms with Crippen LogP contribution in [0.1, 0.15) is 6.92 Å². The second kappa shape index (κ2) is 4.66. The highest BCUT2D eigenvalue weighted by molar-refractivity contribution is 6.31. The fourth-order valence-corrected chi connectivity index (χ4v) is 0.542. The van der Waals surface area contributed by atoms with Crippen LogP contribution in [0.2, 0.25) is 0 Å². The van der Waals surface area contributed by atoms with Crippen molar-refractivity contribution in [3.05, 3.63) is 35.9 Å². The molecule has 0 aromatic heterocycles. The maximum Gasteiger partial charge on any atom is 0.0402 e. The second-order valence-corrected chi connectivity index (χ2v) is 1.72. The molecule has 0 aromatic rings. The van der Waals surface area contributed by atoms with Crippen molar-refractivity contribution >= 4 is 11.6 Å². The lowest BCUT2D eigenvalue weighted by Gasteiger charge is -1.79. The Morgan fingerprint density at radius 1 is 1.62 bits per heavy atom. The minimum atomic E-state index is 0.711. The third-order valence-electron chi connectivity index (χ3n) is 0.603. The van der Waals surface area contributed by atoms with Crippen LogP contribution in [-0.4, -0.2) is 0 Å². The van der Waals surface area contributed by atoms with Gasteiger partial charge in [0.2, 0.25) is 0 Å². The Bertz CT molecular complexity index is 120. The van der Waals surface area contributed by atoms with Gasteiger partial charge >= 0.3 is 0 Å². The van der Waals surface area contributed by atoms with Crippen LogP contribution in [0.3, 0.4) is 0 Å². The van der Waals surface area contributed by atoms with Gasteiger partial charge in [0, 0.05) is 5.03 Å². The van der Waals surface area contributed by atoms with Gasteiger partial charge < -0.3 is 0 Å². The Morgan fingerprint density at radius 3 is 2.62 bits per heavy atom. The largest absolute Gasteiger partial charge is 0.0990 e. The Hall–Kier alpha value is -0.490. The van der Waals surface area contributed by atoms with Crippen LogP contribution in [0.5, 0.6) is 0 Å². The molecule has 0 bridgehead atoms. The first-order chi connectivity index (χ1) is 3.81. The monoisotopic (exact) mass is 128 g/mol. The molecule has 8 heavy (non-hydrogen) atoms. The molecule has 0 fully saturated rings. The van der Waals surface area contributed by atoms with Crippen molar-refractivity contribution in [2.24, 2.45) is 0 Å². The molecule has 0 spiro atoms. The van der Waals surface area contributed by atoms with Gasteiger partial charge in [0.25, 0.3) is 0 Å². The first kappa shape index (κ1) is 7.51. The van der Waals surface area contributed by atoms with E-state index in [2.05, 4.69) is 6.58 Å². The molecule has 44 valence electrons. The number of allylic oxidation sites excluding steroid dienone is 5. The zero-order valence-electron chi connectivity index (χ0n) is 4.89. The third kappa shape index (κ3) is 3.69. The molecule has 0 N–H and O–H groups in total. The predicted molar refractivity (Wildman–Crippen MR) is 38.9 cm³/mol. The first-order valence-corrected chi connectivity index (χ1v) is 2.80. The first-order valence-electron chi connectivity index (χ1n) is 2.42. The van der Waals surface area contributed by atoms with Gasteiger partial charge in [0.05, 0.1) is 0 Å². The van der Waals surface area contributed by atoms with E-state index in [0.29, 0.717) is 5.03 Å². The van der Waals surface area contributed by atoms with E-state index in [1.807, 2.05) is 19.1 Å². The summed E-state index contributed by atoms with van der Waals surface area (Å²) in [5, 5.41) is 0.711. The van der Waals surface area contributed by atoms with Crippen LogP contribution in [0.15, 0.2) is 35.9 Å². The lowest BCUT2D eigenvalue weighted by molar-refractivity contribution is 1.71. The van der Waals surface area contributed by atoms with E-state index in [1.165, 1.54) is 0 Å². The zero-order valence-corrected chi connectivity index (χ0v) is 5.65. The van der Waals surface area contributed by atoms with Gasteiger partial charge in [-0.25, -0.2) is 0 Å². The zero-order chi connectivity index (χ0) is 6.41. The summed E-state index contributed by atoms with van der Waals surface area (Å²) in [4.78, 5) is 0. The molecule has 0 aliphatic carbocycles. The van der Waals surface area contributed by atoms with E-state index < -0.39 is 0 Å². The molecule has 0 radical (unpaired) electrons. The normalized spacial score (nSPS) is 12.5. The van der Waals surface area contributed by atoms with E-state index in [9.17, 15) is 0 Å². The highest BCUT2D eigenvalue weighted by Crippen LogP contribution is 2.01. The SMILES string of the molecule is C=C/C=C(Cl)/C=C/C. The van der Waals surface area contributed by atoms with Gasteiger partial charge in [0.15, 0.2) is 0 Å². The van der Waals surface area contributed by atoms with E-state index in [1.54, 1.807) is 12.2 Å². The molecule has 0 saturated heterocycles. The van der Waals surface area contributed by atoms with Crippen LogP contribution < -0.4 is 0 Å². The van der Waals surface area contributed by atoms with Crippen molar-refractivity contribution < 1.29 is 0 Å². The van der Waals surface area contributed by atoms with Gasteiger partial charge in [-0.3, -0.25) is 0 Å². The van der Waals surface area contributed by atoms with Crippen LogP contribution in [0.25, 0.3) is 0 Å². The fraction of sp³-hybridized carbons (Fsp3) is 0.143. The molecular weight excluding hydrogens is 120 g/mol. The van der Waals surface area contributed by atoms with Crippen molar-refractivity contribution in [2.45, 2.75) is 6.92 Å². The minimum Gasteiger partial charge on any atom is -0.0990 e. The highest BCUT2D eigenvalue weighted by Gasteiger charge is 1.75. The summed E-state index contributed by atoms with van der Waals surface area (Å²) >= 11 is 5.58. The number of hydrogen-bond acceptors (Lipinski definition) is 0. The van der Waals surface area contributed by atoms with E-state index >= 15 is 0 Å². The van der Waals surface area contributed by atoms with Crippen LogP contribution >= 0.6 is 11.6 Å². The lowest BCUT2D eigenvalue weighted by atomic mass is 10.4. The standard InChI is InChI=1S/C7H9Cl/c1-3-5-7(8)6-4-2/h3-6H,1H2,2H3/b6-4+,7-5-. The van der Waals surface area contributed by atoms with Crippen molar-refractivity contribution in [2.75, 3.05) is 0 Å². The molecule has 1 heteroatoms. The van der Waals surface area contributed by atoms with Crippen molar-refractivity contribution in [1.29, 1.82) is 0 Å². The topological polar surface area (TPSA) is 0 Å². The van der Waals surface area contributed by atoms with E-state index in [4.69, 9.17) is 11.6 Å². The van der Waals surface area contributed by atoms with Gasteiger partial charge in [-0.1, -0.05) is 30.3 Å². The molecule has 0 nitrogen and oxygen atoms in total. The summed E-state index contributed by atoms with van der Waals surface area (Å²) in [6.45, 7) is 5.40. The Kier molecular flexibility index (Phi) is 4.38.